The first kappa shape index (κ1) is 87.0. The third kappa shape index (κ3) is 38.4. The van der Waals surface area contributed by atoms with Crippen molar-refractivity contribution in [3.63, 3.8) is 0 Å². The topological polar surface area (TPSA) is 307 Å². The van der Waals surface area contributed by atoms with Crippen molar-refractivity contribution in [2.45, 2.75) is 401 Å². The number of nitrogens with one attached hydrogen (secondary N) is 1. The molecule has 0 bridgehead atoms. The summed E-state index contributed by atoms with van der Waals surface area (Å²) >= 11 is 0. The maximum Gasteiger partial charge on any atom is 0.220 e. The van der Waals surface area contributed by atoms with Gasteiger partial charge in [-0.25, -0.2) is 0 Å². The third-order valence-electron chi connectivity index (χ3n) is 19.1. The molecule has 3 saturated heterocycles. The number of carbonyl (C=O) groups excluding carboxylic acids is 1. The maximum atomic E-state index is 13.5. The lowest BCUT2D eigenvalue weighted by molar-refractivity contribution is -0.379. The molecule has 0 saturated carbocycles. The molecular formula is C76H139NO18. The maximum absolute atomic E-state index is 13.5. The zero-order valence-electron chi connectivity index (χ0n) is 59.2. The van der Waals surface area contributed by atoms with E-state index < -0.39 is 124 Å². The Balaban J connectivity index is 1.41. The fraction of sp³-hybridized carbons (Fsp3) is 0.882. The Labute approximate surface area is 573 Å². The van der Waals surface area contributed by atoms with Crippen LogP contribution in [0.1, 0.15) is 296 Å². The zero-order valence-corrected chi connectivity index (χ0v) is 59.2. The van der Waals surface area contributed by atoms with Gasteiger partial charge in [0.05, 0.1) is 38.6 Å². The first-order valence-corrected chi connectivity index (χ1v) is 38.4. The number of hydrogen-bond donors (Lipinski definition) is 12. The summed E-state index contributed by atoms with van der Waals surface area (Å²) in [5, 5.41) is 121. The number of carbonyl (C=O) groups is 1. The fourth-order valence-electron chi connectivity index (χ4n) is 12.9. The fourth-order valence-corrected chi connectivity index (χ4v) is 12.9. The van der Waals surface area contributed by atoms with Crippen LogP contribution in [0.5, 0.6) is 0 Å². The van der Waals surface area contributed by atoms with Gasteiger partial charge in [-0.2, -0.15) is 0 Å². The summed E-state index contributed by atoms with van der Waals surface area (Å²) in [6, 6.07) is -0.992. The monoisotopic (exact) mass is 1350 g/mol. The largest absolute Gasteiger partial charge is 0.394 e. The van der Waals surface area contributed by atoms with E-state index in [1.807, 2.05) is 6.08 Å². The summed E-state index contributed by atoms with van der Waals surface area (Å²) in [5.41, 5.74) is 0. The van der Waals surface area contributed by atoms with E-state index in [2.05, 4.69) is 55.6 Å². The Bertz CT molecular complexity index is 1910. The van der Waals surface area contributed by atoms with Crippen molar-refractivity contribution in [3.8, 4) is 0 Å². The van der Waals surface area contributed by atoms with Crippen LogP contribution in [-0.4, -0.2) is 193 Å². The molecule has 19 heteroatoms. The number of unbranched alkanes of at least 4 members (excludes halogenated alkanes) is 38. The van der Waals surface area contributed by atoms with E-state index in [1.54, 1.807) is 6.08 Å². The van der Waals surface area contributed by atoms with Gasteiger partial charge in [-0.05, 0) is 64.2 Å². The van der Waals surface area contributed by atoms with Gasteiger partial charge in [0, 0.05) is 6.42 Å². The first-order chi connectivity index (χ1) is 46.3. The molecule has 3 rings (SSSR count). The number of rotatable bonds is 60. The van der Waals surface area contributed by atoms with Gasteiger partial charge in [-0.1, -0.05) is 274 Å². The Kier molecular flexibility index (Phi) is 52.5. The molecule has 17 unspecified atom stereocenters. The van der Waals surface area contributed by atoms with Crippen molar-refractivity contribution in [2.24, 2.45) is 0 Å². The molecule has 19 nitrogen and oxygen atoms in total. The van der Waals surface area contributed by atoms with Crippen molar-refractivity contribution in [2.75, 3.05) is 26.4 Å². The van der Waals surface area contributed by atoms with Crippen molar-refractivity contribution >= 4 is 5.91 Å². The Morgan fingerprint density at radius 3 is 1.12 bits per heavy atom. The van der Waals surface area contributed by atoms with Crippen molar-refractivity contribution < 1.29 is 89.4 Å². The van der Waals surface area contributed by atoms with Crippen LogP contribution in [0.2, 0.25) is 0 Å². The minimum atomic E-state index is -1.98. The minimum Gasteiger partial charge on any atom is -0.394 e. The summed E-state index contributed by atoms with van der Waals surface area (Å²) in [4.78, 5) is 13.5. The van der Waals surface area contributed by atoms with Crippen LogP contribution in [0, 0.1) is 0 Å². The molecule has 3 aliphatic rings. The minimum absolute atomic E-state index is 0.236. The molecule has 17 atom stereocenters. The third-order valence-corrected chi connectivity index (χ3v) is 19.1. The number of aliphatic hydroxyl groups is 11. The van der Waals surface area contributed by atoms with Gasteiger partial charge in [0.15, 0.2) is 18.9 Å². The Hall–Kier alpha value is -2.25. The SMILES string of the molecule is CCCCCCC/C=C\C/C=C\CCCCCCCCCCCCCCCCCC(=O)NC(COC1OC(CO)C(OC2OC(CO)C(OC3OC(CO)C(O)C(O)C3O)C(O)C2O)C(O)C1O)C(O)/C=C/CC/C=C/CCCCCCCCCCCCCCCCCCC. The Morgan fingerprint density at radius 2 is 0.705 bits per heavy atom. The zero-order chi connectivity index (χ0) is 68.9. The lowest BCUT2D eigenvalue weighted by Crippen LogP contribution is -2.66. The normalized spacial score (nSPS) is 27.4. The molecule has 95 heavy (non-hydrogen) atoms. The lowest BCUT2D eigenvalue weighted by Gasteiger charge is -2.48. The summed E-state index contributed by atoms with van der Waals surface area (Å²) in [6.45, 7) is 1.74. The predicted molar refractivity (Wildman–Crippen MR) is 374 cm³/mol. The van der Waals surface area contributed by atoms with Crippen LogP contribution in [0.25, 0.3) is 0 Å². The highest BCUT2D eigenvalue weighted by Gasteiger charge is 2.53. The molecule has 0 aliphatic carbocycles. The van der Waals surface area contributed by atoms with Gasteiger partial charge in [0.2, 0.25) is 5.91 Å². The second-order valence-corrected chi connectivity index (χ2v) is 27.5. The number of aliphatic hydroxyl groups excluding tert-OH is 11. The van der Waals surface area contributed by atoms with Gasteiger partial charge in [0.1, 0.15) is 73.2 Å². The number of hydrogen-bond acceptors (Lipinski definition) is 18. The number of allylic oxidation sites excluding steroid dienone is 7. The summed E-state index contributed by atoms with van der Waals surface area (Å²) in [5.74, 6) is -0.282. The van der Waals surface area contributed by atoms with Crippen LogP contribution in [-0.2, 0) is 33.2 Å². The van der Waals surface area contributed by atoms with E-state index in [1.165, 1.54) is 218 Å². The van der Waals surface area contributed by atoms with Gasteiger partial charge in [-0.15, -0.1) is 0 Å². The molecule has 1 amide bonds. The van der Waals surface area contributed by atoms with Crippen LogP contribution < -0.4 is 5.32 Å². The van der Waals surface area contributed by atoms with Gasteiger partial charge in [0.25, 0.3) is 0 Å². The molecule has 0 aromatic rings. The second kappa shape index (κ2) is 57.4. The number of ether oxygens (including phenoxy) is 6. The van der Waals surface area contributed by atoms with E-state index in [-0.39, 0.29) is 18.9 Å². The second-order valence-electron chi connectivity index (χ2n) is 27.5. The van der Waals surface area contributed by atoms with Crippen molar-refractivity contribution in [3.05, 3.63) is 48.6 Å². The average molecular weight is 1350 g/mol. The molecule has 3 fully saturated rings. The lowest BCUT2D eigenvalue weighted by atomic mass is 9.96. The van der Waals surface area contributed by atoms with Gasteiger partial charge < -0.3 is 89.9 Å². The highest BCUT2D eigenvalue weighted by Crippen LogP contribution is 2.33. The molecule has 3 heterocycles. The van der Waals surface area contributed by atoms with E-state index in [0.29, 0.717) is 12.8 Å². The average Bonchev–Trinajstić information content (AvgIpc) is 0.787. The number of amides is 1. The smallest absolute Gasteiger partial charge is 0.220 e. The van der Waals surface area contributed by atoms with E-state index in [9.17, 15) is 61.0 Å². The molecule has 12 N–H and O–H groups in total. The predicted octanol–water partition coefficient (Wildman–Crippen LogP) is 11.7. The van der Waals surface area contributed by atoms with Crippen molar-refractivity contribution in [1.82, 2.24) is 5.32 Å². The summed E-state index contributed by atoms with van der Waals surface area (Å²) in [7, 11) is 0. The van der Waals surface area contributed by atoms with Gasteiger partial charge >= 0.3 is 0 Å². The highest BCUT2D eigenvalue weighted by molar-refractivity contribution is 5.76. The summed E-state index contributed by atoms with van der Waals surface area (Å²) in [6.07, 6.45) is 43.8. The molecular weight excluding hydrogens is 1210 g/mol. The van der Waals surface area contributed by atoms with E-state index in [4.69, 9.17) is 28.4 Å². The Morgan fingerprint density at radius 1 is 0.379 bits per heavy atom. The van der Waals surface area contributed by atoms with Crippen molar-refractivity contribution in [1.29, 1.82) is 0 Å². The molecule has 556 valence electrons. The van der Waals surface area contributed by atoms with Crippen LogP contribution in [0.3, 0.4) is 0 Å². The molecule has 3 aliphatic heterocycles. The van der Waals surface area contributed by atoms with Crippen LogP contribution in [0.4, 0.5) is 0 Å². The molecule has 0 aromatic heterocycles. The summed E-state index contributed by atoms with van der Waals surface area (Å²) < 4.78 is 34.4. The van der Waals surface area contributed by atoms with Crippen LogP contribution >= 0.6 is 0 Å². The molecule has 0 radical (unpaired) electrons. The van der Waals surface area contributed by atoms with E-state index >= 15 is 0 Å². The standard InChI is InChI=1S/C76H139NO18/c1-3-5-7-9-11-13-15-17-19-21-23-25-27-28-29-30-32-34-36-38-40-42-44-46-48-50-52-54-64(82)77-59(60(81)53-51-49-47-45-43-41-39-37-35-33-31-26-24-22-20-18-16-14-12-10-8-6-4-2)58-90-74-70(88)67(85)72(62(56-79)92-74)95-76-71(89)68(86)73(63(57-80)93-76)94-75-69(87)66(84)65(83)61(55-78)91-75/h15,17,21,23,43,45,51,53,59-63,65-76,78-81,83-89H,3-14,16,18-20,22,24-42,44,46-50,52,54-58H2,1-2H3,(H,77,82)/b17-15-,23-21-,45-43+,53-51+. The highest BCUT2D eigenvalue weighted by atomic mass is 16.8. The first-order valence-electron chi connectivity index (χ1n) is 38.4. The van der Waals surface area contributed by atoms with Gasteiger partial charge in [-0.3, -0.25) is 4.79 Å². The van der Waals surface area contributed by atoms with E-state index in [0.717, 1.165) is 44.9 Å². The molecule has 0 spiro atoms. The van der Waals surface area contributed by atoms with Crippen LogP contribution in [0.15, 0.2) is 48.6 Å². The quantitative estimate of drug-likeness (QED) is 0.0199. The molecule has 0 aromatic carbocycles.